The fourth-order valence-electron chi connectivity index (χ4n) is 2.15. The third-order valence-corrected chi connectivity index (χ3v) is 3.56. The number of aromatic amines is 1. The predicted octanol–water partition coefficient (Wildman–Crippen LogP) is 2.72. The van der Waals surface area contributed by atoms with E-state index < -0.39 is 5.72 Å². The molecular weight excluding hydrogens is 254 g/mol. The van der Waals surface area contributed by atoms with Crippen molar-refractivity contribution in [1.82, 2.24) is 20.0 Å². The molecule has 0 spiro atoms. The van der Waals surface area contributed by atoms with E-state index in [9.17, 15) is 0 Å². The lowest BCUT2D eigenvalue weighted by Gasteiger charge is -2.27. The van der Waals surface area contributed by atoms with Gasteiger partial charge in [0.25, 0.3) is 0 Å². The second kappa shape index (κ2) is 4.86. The number of nitrogens with one attached hydrogen (secondary N) is 1. The van der Waals surface area contributed by atoms with Crippen LogP contribution in [0.25, 0.3) is 11.3 Å². The van der Waals surface area contributed by atoms with E-state index in [1.54, 1.807) is 17.1 Å². The van der Waals surface area contributed by atoms with Crippen LogP contribution in [0.2, 0.25) is 0 Å². The Morgan fingerprint density at radius 2 is 2.35 bits per heavy atom. The summed E-state index contributed by atoms with van der Waals surface area (Å²) in [6, 6.07) is 1.88. The third kappa shape index (κ3) is 2.38. The summed E-state index contributed by atoms with van der Waals surface area (Å²) < 4.78 is 7.78. The van der Waals surface area contributed by atoms with Crippen LogP contribution in [-0.2, 0) is 10.5 Å². The van der Waals surface area contributed by atoms with Crippen molar-refractivity contribution in [2.24, 2.45) is 10.9 Å². The van der Waals surface area contributed by atoms with Gasteiger partial charge in [-0.25, -0.2) is 9.67 Å². The number of rotatable bonds is 6. The van der Waals surface area contributed by atoms with Crippen molar-refractivity contribution < 1.29 is 4.74 Å². The number of hydrogen-bond acceptors (Lipinski definition) is 4. The molecule has 1 fully saturated rings. The Balaban J connectivity index is 1.90. The topological polar surface area (TPSA) is 68.1 Å². The normalized spacial score (nSPS) is 15.5. The first-order valence-electron chi connectivity index (χ1n) is 6.81. The van der Waals surface area contributed by atoms with Crippen molar-refractivity contribution in [2.75, 3.05) is 6.61 Å². The van der Waals surface area contributed by atoms with Crippen LogP contribution >= 0.6 is 0 Å². The number of aromatic nitrogens is 4. The lowest BCUT2D eigenvalue weighted by atomic mass is 10.2. The molecule has 1 N–H and O–H groups in total. The first kappa shape index (κ1) is 13.1. The molecule has 1 aliphatic rings. The summed E-state index contributed by atoms with van der Waals surface area (Å²) in [6.45, 7) is 8.41. The molecule has 0 aliphatic heterocycles. The second-order valence-electron chi connectivity index (χ2n) is 5.62. The molecule has 0 bridgehead atoms. The van der Waals surface area contributed by atoms with E-state index in [0.29, 0.717) is 11.7 Å². The van der Waals surface area contributed by atoms with Crippen LogP contribution in [0, 0.1) is 5.92 Å². The van der Waals surface area contributed by atoms with Crippen LogP contribution in [0.5, 0.6) is 0 Å². The Kier molecular flexibility index (Phi) is 3.17. The Morgan fingerprint density at radius 1 is 1.55 bits per heavy atom. The highest BCUT2D eigenvalue weighted by Crippen LogP contribution is 2.35. The first-order chi connectivity index (χ1) is 9.62. The van der Waals surface area contributed by atoms with Crippen LogP contribution < -0.4 is 0 Å². The largest absolute Gasteiger partial charge is 0.354 e. The van der Waals surface area contributed by atoms with Crippen molar-refractivity contribution in [3.05, 3.63) is 18.5 Å². The van der Waals surface area contributed by atoms with E-state index in [-0.39, 0.29) is 0 Å². The first-order valence-corrected chi connectivity index (χ1v) is 6.81. The second-order valence-corrected chi connectivity index (χ2v) is 5.62. The minimum Gasteiger partial charge on any atom is -0.354 e. The van der Waals surface area contributed by atoms with Gasteiger partial charge in [-0.1, -0.05) is 0 Å². The molecule has 0 amide bonds. The maximum Gasteiger partial charge on any atom is 0.162 e. The molecule has 2 heterocycles. The molecule has 0 unspecified atom stereocenters. The molecule has 1 aliphatic carbocycles. The molecule has 0 radical (unpaired) electrons. The van der Waals surface area contributed by atoms with Gasteiger partial charge >= 0.3 is 0 Å². The lowest BCUT2D eigenvalue weighted by Crippen LogP contribution is -2.31. The summed E-state index contributed by atoms with van der Waals surface area (Å²) in [7, 11) is 0. The van der Waals surface area contributed by atoms with Crippen LogP contribution in [-0.4, -0.2) is 33.3 Å². The van der Waals surface area contributed by atoms with Crippen molar-refractivity contribution in [3.8, 4) is 11.3 Å². The molecule has 20 heavy (non-hydrogen) atoms. The standard InChI is InChI=1S/C14H19N5O/c1-14(2,20-9-10-4-5-10)19-13(15-3)11(8-17-19)12-6-7-16-18-12/h6-8,10H,3-5,9H2,1-2H3,(H,16,18). The molecule has 6 heteroatoms. The molecule has 0 saturated heterocycles. The van der Waals surface area contributed by atoms with Crippen LogP contribution in [0.1, 0.15) is 26.7 Å². The van der Waals surface area contributed by atoms with Crippen molar-refractivity contribution in [3.63, 3.8) is 0 Å². The summed E-state index contributed by atoms with van der Waals surface area (Å²) in [5.41, 5.74) is 1.20. The van der Waals surface area contributed by atoms with Crippen molar-refractivity contribution in [1.29, 1.82) is 0 Å². The molecule has 106 valence electrons. The van der Waals surface area contributed by atoms with Crippen molar-refractivity contribution >= 4 is 12.5 Å². The quantitative estimate of drug-likeness (QED) is 0.823. The highest BCUT2D eigenvalue weighted by molar-refractivity contribution is 5.71. The number of nitrogens with zero attached hydrogens (tertiary/aromatic N) is 4. The van der Waals surface area contributed by atoms with E-state index >= 15 is 0 Å². The predicted molar refractivity (Wildman–Crippen MR) is 77.0 cm³/mol. The van der Waals surface area contributed by atoms with Crippen LogP contribution in [0.15, 0.2) is 23.5 Å². The summed E-state index contributed by atoms with van der Waals surface area (Å²) in [4.78, 5) is 4.12. The molecule has 2 aromatic rings. The van der Waals surface area contributed by atoms with E-state index in [4.69, 9.17) is 4.74 Å². The lowest BCUT2D eigenvalue weighted by molar-refractivity contribution is -0.0894. The van der Waals surface area contributed by atoms with E-state index in [0.717, 1.165) is 17.9 Å². The van der Waals surface area contributed by atoms with Crippen molar-refractivity contribution in [2.45, 2.75) is 32.4 Å². The van der Waals surface area contributed by atoms with Gasteiger partial charge in [-0.15, -0.1) is 0 Å². The zero-order chi connectivity index (χ0) is 14.2. The van der Waals surface area contributed by atoms with Gasteiger partial charge < -0.3 is 4.74 Å². The van der Waals surface area contributed by atoms with Gasteiger partial charge in [0.1, 0.15) is 0 Å². The van der Waals surface area contributed by atoms with Crippen LogP contribution in [0.4, 0.5) is 5.82 Å². The highest BCUT2D eigenvalue weighted by Gasteiger charge is 2.30. The maximum absolute atomic E-state index is 6.00. The molecule has 1 saturated carbocycles. The summed E-state index contributed by atoms with van der Waals surface area (Å²) in [6.07, 6.45) is 6.00. The minimum absolute atomic E-state index is 0.544. The third-order valence-electron chi connectivity index (χ3n) is 3.56. The fraction of sp³-hybridized carbons (Fsp3) is 0.500. The van der Waals surface area contributed by atoms with Gasteiger partial charge in [0, 0.05) is 6.20 Å². The van der Waals surface area contributed by atoms with E-state index in [1.165, 1.54) is 12.8 Å². The maximum atomic E-state index is 6.00. The number of hydrogen-bond donors (Lipinski definition) is 1. The Morgan fingerprint density at radius 3 is 2.95 bits per heavy atom. The number of H-pyrrole nitrogens is 1. The van der Waals surface area contributed by atoms with Gasteiger partial charge in [0.2, 0.25) is 0 Å². The van der Waals surface area contributed by atoms with Gasteiger partial charge in [-0.3, -0.25) is 5.10 Å². The molecule has 0 atom stereocenters. The number of ether oxygens (including phenoxy) is 1. The van der Waals surface area contributed by atoms with Gasteiger partial charge in [0.05, 0.1) is 24.1 Å². The molecule has 3 rings (SSSR count). The smallest absolute Gasteiger partial charge is 0.162 e. The molecule has 0 aromatic carbocycles. The van der Waals surface area contributed by atoms with E-state index in [2.05, 4.69) is 27.0 Å². The monoisotopic (exact) mass is 273 g/mol. The highest BCUT2D eigenvalue weighted by atomic mass is 16.5. The summed E-state index contributed by atoms with van der Waals surface area (Å²) >= 11 is 0. The zero-order valence-electron chi connectivity index (χ0n) is 11.8. The van der Waals surface area contributed by atoms with Crippen LogP contribution in [0.3, 0.4) is 0 Å². The van der Waals surface area contributed by atoms with Gasteiger partial charge in [0.15, 0.2) is 11.5 Å². The van der Waals surface area contributed by atoms with Gasteiger partial charge in [-0.05, 0) is 45.4 Å². The molecule has 2 aromatic heterocycles. The summed E-state index contributed by atoms with van der Waals surface area (Å²) in [5.74, 6) is 1.40. The Bertz CT molecular complexity index is 595. The van der Waals surface area contributed by atoms with E-state index in [1.807, 2.05) is 19.9 Å². The Hall–Kier alpha value is -1.95. The minimum atomic E-state index is -0.544. The zero-order valence-corrected chi connectivity index (χ0v) is 11.8. The molecule has 6 nitrogen and oxygen atoms in total. The summed E-state index contributed by atoms with van der Waals surface area (Å²) in [5, 5.41) is 11.3. The fourth-order valence-corrected chi connectivity index (χ4v) is 2.15. The van der Waals surface area contributed by atoms with Gasteiger partial charge in [-0.2, -0.15) is 10.2 Å². The number of aliphatic imine (C=N–C) groups is 1. The molecular formula is C14H19N5O. The Labute approximate surface area is 117 Å². The average Bonchev–Trinajstić information content (AvgIpc) is 2.93. The average molecular weight is 273 g/mol. The SMILES string of the molecule is C=Nc1c(-c2ccn[nH]2)cnn1C(C)(C)OCC1CC1.